The number of likely N-dealkylation sites (N-methyl/N-ethyl adjacent to an activating group) is 1. The summed E-state index contributed by atoms with van der Waals surface area (Å²) >= 11 is 0. The van der Waals surface area contributed by atoms with E-state index in [1.165, 1.54) is 0 Å². The molecule has 3 aromatic rings. The van der Waals surface area contributed by atoms with Gasteiger partial charge in [0.05, 0.1) is 12.1 Å². The molecule has 0 saturated heterocycles. The van der Waals surface area contributed by atoms with Crippen LogP contribution in [0.4, 0.5) is 5.69 Å². The lowest BCUT2D eigenvalue weighted by atomic mass is 10.1. The molecule has 1 aliphatic rings. The summed E-state index contributed by atoms with van der Waals surface area (Å²) in [5.41, 5.74) is 4.22. The monoisotopic (exact) mass is 279 g/mol. The number of benzene rings is 1. The van der Waals surface area contributed by atoms with Crippen LogP contribution in [0.3, 0.4) is 0 Å². The Morgan fingerprint density at radius 1 is 1.29 bits per heavy atom. The molecule has 1 aliphatic heterocycles. The smallest absolute Gasteiger partial charge is 0.231 e. The highest BCUT2D eigenvalue weighted by Crippen LogP contribution is 2.32. The minimum Gasteiger partial charge on any atom is -0.504 e. The molecular weight excluding hydrogens is 266 g/mol. The van der Waals surface area contributed by atoms with Crippen LogP contribution in [0.2, 0.25) is 0 Å². The van der Waals surface area contributed by atoms with E-state index in [1.807, 2.05) is 30.6 Å². The van der Waals surface area contributed by atoms with E-state index in [0.717, 1.165) is 22.5 Å². The fraction of sp³-hybridized carbons (Fsp3) is 0.125. The van der Waals surface area contributed by atoms with Crippen molar-refractivity contribution in [3.8, 4) is 17.0 Å². The molecule has 0 spiro atoms. The molecule has 104 valence electrons. The molecule has 1 aromatic carbocycles. The molecule has 0 unspecified atom stereocenters. The number of aromatic nitrogens is 2. The molecule has 0 bridgehead atoms. The van der Waals surface area contributed by atoms with Gasteiger partial charge in [-0.05, 0) is 29.8 Å². The molecule has 0 radical (unpaired) electrons. The van der Waals surface area contributed by atoms with E-state index in [1.54, 1.807) is 28.5 Å². The zero-order valence-electron chi connectivity index (χ0n) is 11.4. The van der Waals surface area contributed by atoms with Crippen LogP contribution in [0, 0.1) is 0 Å². The first-order valence-electron chi connectivity index (χ1n) is 6.70. The average molecular weight is 279 g/mol. The molecule has 3 heterocycles. The van der Waals surface area contributed by atoms with E-state index >= 15 is 0 Å². The Morgan fingerprint density at radius 2 is 2.14 bits per heavy atom. The van der Waals surface area contributed by atoms with Crippen molar-refractivity contribution in [1.82, 2.24) is 9.38 Å². The Labute approximate surface area is 121 Å². The van der Waals surface area contributed by atoms with Crippen molar-refractivity contribution in [3.63, 3.8) is 0 Å². The molecule has 0 fully saturated rings. The molecule has 21 heavy (non-hydrogen) atoms. The summed E-state index contributed by atoms with van der Waals surface area (Å²) in [6, 6.07) is 9.27. The third kappa shape index (κ3) is 1.71. The van der Waals surface area contributed by atoms with Gasteiger partial charge in [0.1, 0.15) is 0 Å². The number of carbonyl (C=O) groups is 1. The zero-order chi connectivity index (χ0) is 14.6. The van der Waals surface area contributed by atoms with Crippen molar-refractivity contribution in [2.24, 2.45) is 0 Å². The van der Waals surface area contributed by atoms with Gasteiger partial charge in [-0.15, -0.1) is 0 Å². The number of fused-ring (bicyclic) bond motifs is 2. The number of rotatable bonds is 1. The second-order valence-corrected chi connectivity index (χ2v) is 5.22. The van der Waals surface area contributed by atoms with Crippen LogP contribution in [0.5, 0.6) is 5.75 Å². The maximum Gasteiger partial charge on any atom is 0.231 e. The second-order valence-electron chi connectivity index (χ2n) is 5.22. The molecular formula is C16H13N3O2. The van der Waals surface area contributed by atoms with Gasteiger partial charge in [-0.2, -0.15) is 0 Å². The largest absolute Gasteiger partial charge is 0.504 e. The van der Waals surface area contributed by atoms with Gasteiger partial charge in [0, 0.05) is 30.7 Å². The van der Waals surface area contributed by atoms with Gasteiger partial charge in [0.2, 0.25) is 5.91 Å². The molecule has 0 saturated carbocycles. The highest BCUT2D eigenvalue weighted by atomic mass is 16.3. The van der Waals surface area contributed by atoms with Crippen molar-refractivity contribution < 1.29 is 9.90 Å². The van der Waals surface area contributed by atoms with Gasteiger partial charge in [0.15, 0.2) is 11.4 Å². The fourth-order valence-corrected chi connectivity index (χ4v) is 2.77. The lowest BCUT2D eigenvalue weighted by Gasteiger charge is -2.09. The Bertz CT molecular complexity index is 882. The number of carbonyl (C=O) groups excluding carboxylic acids is 1. The first-order chi connectivity index (χ1) is 10.1. The summed E-state index contributed by atoms with van der Waals surface area (Å²) in [5, 5.41) is 9.82. The quantitative estimate of drug-likeness (QED) is 0.743. The van der Waals surface area contributed by atoms with Crippen molar-refractivity contribution in [2.45, 2.75) is 6.42 Å². The Kier molecular flexibility index (Phi) is 2.33. The van der Waals surface area contributed by atoms with E-state index in [9.17, 15) is 9.90 Å². The van der Waals surface area contributed by atoms with E-state index in [0.29, 0.717) is 12.1 Å². The highest BCUT2D eigenvalue weighted by Gasteiger charge is 2.24. The van der Waals surface area contributed by atoms with Gasteiger partial charge in [-0.25, -0.2) is 4.98 Å². The summed E-state index contributed by atoms with van der Waals surface area (Å²) in [7, 11) is 1.79. The van der Waals surface area contributed by atoms with Gasteiger partial charge in [-0.3, -0.25) is 4.79 Å². The van der Waals surface area contributed by atoms with E-state index < -0.39 is 0 Å². The fourth-order valence-electron chi connectivity index (χ4n) is 2.77. The minimum atomic E-state index is 0.106. The summed E-state index contributed by atoms with van der Waals surface area (Å²) in [4.78, 5) is 17.9. The van der Waals surface area contributed by atoms with Gasteiger partial charge >= 0.3 is 0 Å². The predicted octanol–water partition coefficient (Wildman–Crippen LogP) is 2.23. The molecule has 4 rings (SSSR count). The highest BCUT2D eigenvalue weighted by molar-refractivity contribution is 6.01. The molecule has 5 heteroatoms. The van der Waals surface area contributed by atoms with Crippen molar-refractivity contribution >= 4 is 17.2 Å². The number of anilines is 1. The van der Waals surface area contributed by atoms with Crippen molar-refractivity contribution in [2.75, 3.05) is 11.9 Å². The number of hydrogen-bond acceptors (Lipinski definition) is 3. The molecule has 0 atom stereocenters. The zero-order valence-corrected chi connectivity index (χ0v) is 11.4. The van der Waals surface area contributed by atoms with Crippen LogP contribution in [0.15, 0.2) is 42.7 Å². The molecule has 1 N–H and O–H groups in total. The Morgan fingerprint density at radius 3 is 2.95 bits per heavy atom. The third-order valence-electron chi connectivity index (χ3n) is 3.91. The summed E-state index contributed by atoms with van der Waals surface area (Å²) in [6.45, 7) is 0. The maximum absolute atomic E-state index is 11.7. The number of nitrogens with zero attached hydrogens (tertiary/aromatic N) is 3. The summed E-state index contributed by atoms with van der Waals surface area (Å²) < 4.78 is 1.79. The number of imidazole rings is 1. The normalized spacial score (nSPS) is 14.0. The third-order valence-corrected chi connectivity index (χ3v) is 3.91. The van der Waals surface area contributed by atoms with Crippen LogP contribution in [-0.2, 0) is 11.2 Å². The number of amides is 1. The predicted molar refractivity (Wildman–Crippen MR) is 79.4 cm³/mol. The van der Waals surface area contributed by atoms with Gasteiger partial charge in [0.25, 0.3) is 0 Å². The van der Waals surface area contributed by atoms with Gasteiger partial charge < -0.3 is 14.4 Å². The van der Waals surface area contributed by atoms with Gasteiger partial charge in [-0.1, -0.05) is 6.07 Å². The van der Waals surface area contributed by atoms with Crippen molar-refractivity contribution in [3.05, 3.63) is 48.3 Å². The maximum atomic E-state index is 11.7. The lowest BCUT2D eigenvalue weighted by molar-refractivity contribution is -0.117. The van der Waals surface area contributed by atoms with Crippen molar-refractivity contribution in [1.29, 1.82) is 0 Å². The van der Waals surface area contributed by atoms with E-state index in [2.05, 4.69) is 4.98 Å². The standard InChI is InChI=1S/C16H13N3O2/c1-18-13-5-4-10(7-11(13)8-15(18)21)12-9-19-6-2-3-14(20)16(19)17-12/h2-7,9,20H,8H2,1H3. The molecule has 1 amide bonds. The van der Waals surface area contributed by atoms with Crippen LogP contribution in [0.1, 0.15) is 5.56 Å². The van der Waals surface area contributed by atoms with Crippen LogP contribution in [0.25, 0.3) is 16.9 Å². The average Bonchev–Trinajstić information content (AvgIpc) is 3.02. The molecule has 5 nitrogen and oxygen atoms in total. The summed E-state index contributed by atoms with van der Waals surface area (Å²) in [5.74, 6) is 0.259. The molecule has 2 aromatic heterocycles. The topological polar surface area (TPSA) is 57.8 Å². The Hall–Kier alpha value is -2.82. The van der Waals surface area contributed by atoms with Crippen LogP contribution >= 0.6 is 0 Å². The Balaban J connectivity index is 1.85. The SMILES string of the molecule is CN1C(=O)Cc2cc(-c3cn4cccc(O)c4n3)ccc21. The number of aromatic hydroxyl groups is 1. The van der Waals surface area contributed by atoms with E-state index in [-0.39, 0.29) is 11.7 Å². The van der Waals surface area contributed by atoms with Crippen LogP contribution in [-0.4, -0.2) is 27.4 Å². The number of hydrogen-bond donors (Lipinski definition) is 1. The minimum absolute atomic E-state index is 0.106. The second kappa shape index (κ2) is 4.09. The van der Waals surface area contributed by atoms with E-state index in [4.69, 9.17) is 0 Å². The lowest BCUT2D eigenvalue weighted by Crippen LogP contribution is -2.20. The summed E-state index contributed by atoms with van der Waals surface area (Å²) in [6.07, 6.45) is 4.14. The van der Waals surface area contributed by atoms with Crippen LogP contribution < -0.4 is 4.90 Å². The number of pyridine rings is 1. The first-order valence-corrected chi connectivity index (χ1v) is 6.70. The first kappa shape index (κ1) is 12.0. The molecule has 0 aliphatic carbocycles.